The summed E-state index contributed by atoms with van der Waals surface area (Å²) in [5.41, 5.74) is 12.7. The number of anilines is 2. The maximum atomic E-state index is 11.1. The van der Waals surface area contributed by atoms with Crippen LogP contribution in [-0.2, 0) is 10.8 Å². The number of benzene rings is 1. The van der Waals surface area contributed by atoms with Gasteiger partial charge in [0.05, 0.1) is 21.9 Å². The van der Waals surface area contributed by atoms with Crippen molar-refractivity contribution < 1.29 is 9.35 Å². The summed E-state index contributed by atoms with van der Waals surface area (Å²) in [5.74, 6) is 0. The van der Waals surface area contributed by atoms with Crippen molar-refractivity contribution in [1.82, 2.24) is 0 Å². The van der Waals surface area contributed by atoms with Crippen LogP contribution in [0.25, 0.3) is 0 Å². The number of nitrogens with two attached hydrogens (primary N) is 2. The van der Waals surface area contributed by atoms with Crippen molar-refractivity contribution >= 4 is 25.4 Å². The van der Waals surface area contributed by atoms with Gasteiger partial charge in [0.25, 0.3) is 5.69 Å². The number of nitro benzene ring substituents is 1. The minimum atomic E-state index is -1.88. The molecule has 0 heterocycles. The van der Waals surface area contributed by atoms with Gasteiger partial charge in [-0.15, -0.1) is 0 Å². The molecule has 0 aliphatic rings. The smallest absolute Gasteiger partial charge is 0.274 e. The molecule has 0 unspecified atom stereocenters. The number of hydrogen-bond donors (Lipinski definition) is 2. The van der Waals surface area contributed by atoms with Gasteiger partial charge in [-0.3, -0.25) is 10.1 Å². The summed E-state index contributed by atoms with van der Waals surface area (Å²) in [6, 6.07) is 2.86. The van der Waals surface area contributed by atoms with Crippen LogP contribution in [0.15, 0.2) is 12.1 Å². The Labute approximate surface area is 126 Å². The number of nitrogen functional groups attached to an aromatic ring is 2. The molecule has 0 fully saturated rings. The molecule has 0 spiro atoms. The molecule has 0 radical (unpaired) electrons. The molecule has 118 valence electrons. The topological polar surface area (TPSA) is 104 Å². The molecular formula is C14H25N3O3Si. The van der Waals surface area contributed by atoms with Crippen LogP contribution in [0.5, 0.6) is 0 Å². The first-order valence-electron chi connectivity index (χ1n) is 6.92. The average Bonchev–Trinajstić information content (AvgIpc) is 2.32. The number of nitro groups is 1. The molecule has 0 bridgehead atoms. The second-order valence-electron chi connectivity index (χ2n) is 6.68. The third kappa shape index (κ3) is 3.95. The average molecular weight is 311 g/mol. The van der Waals surface area contributed by atoms with E-state index >= 15 is 0 Å². The molecule has 0 aliphatic heterocycles. The monoisotopic (exact) mass is 311 g/mol. The van der Waals surface area contributed by atoms with E-state index in [1.807, 2.05) is 0 Å². The summed E-state index contributed by atoms with van der Waals surface area (Å²) < 4.78 is 6.05. The van der Waals surface area contributed by atoms with Crippen LogP contribution in [0.1, 0.15) is 26.3 Å². The highest BCUT2D eigenvalue weighted by Gasteiger charge is 2.37. The van der Waals surface area contributed by atoms with Crippen molar-refractivity contribution in [2.24, 2.45) is 0 Å². The van der Waals surface area contributed by atoms with Crippen molar-refractivity contribution in [3.63, 3.8) is 0 Å². The van der Waals surface area contributed by atoms with E-state index in [1.165, 1.54) is 12.1 Å². The van der Waals surface area contributed by atoms with Crippen LogP contribution in [0.2, 0.25) is 18.1 Å². The summed E-state index contributed by atoms with van der Waals surface area (Å²) in [6.07, 6.45) is 0.389. The van der Waals surface area contributed by atoms with Crippen LogP contribution >= 0.6 is 0 Å². The summed E-state index contributed by atoms with van der Waals surface area (Å²) in [4.78, 5) is 10.6. The van der Waals surface area contributed by atoms with Gasteiger partial charge in [0.2, 0.25) is 0 Å². The molecule has 4 N–H and O–H groups in total. The molecule has 0 atom stereocenters. The van der Waals surface area contributed by atoms with Gasteiger partial charge in [-0.1, -0.05) is 20.8 Å². The highest BCUT2D eigenvalue weighted by Crippen LogP contribution is 2.37. The van der Waals surface area contributed by atoms with Gasteiger partial charge in [0, 0.05) is 19.1 Å². The second kappa shape index (κ2) is 6.03. The van der Waals surface area contributed by atoms with Gasteiger partial charge >= 0.3 is 0 Å². The van der Waals surface area contributed by atoms with E-state index in [0.717, 1.165) is 0 Å². The molecule has 6 nitrogen and oxygen atoms in total. The van der Waals surface area contributed by atoms with Crippen LogP contribution in [0, 0.1) is 10.1 Å². The molecule has 1 aromatic carbocycles. The van der Waals surface area contributed by atoms with E-state index in [0.29, 0.717) is 24.3 Å². The van der Waals surface area contributed by atoms with Crippen molar-refractivity contribution in [3.05, 3.63) is 27.8 Å². The molecule has 0 saturated carbocycles. The Bertz CT molecular complexity index is 539. The van der Waals surface area contributed by atoms with Crippen molar-refractivity contribution in [1.29, 1.82) is 0 Å². The zero-order valence-electron chi connectivity index (χ0n) is 13.4. The predicted molar refractivity (Wildman–Crippen MR) is 88.8 cm³/mol. The summed E-state index contributed by atoms with van der Waals surface area (Å²) in [7, 11) is -1.88. The zero-order chi connectivity index (χ0) is 16.4. The van der Waals surface area contributed by atoms with E-state index in [2.05, 4.69) is 33.9 Å². The largest absolute Gasteiger partial charge is 0.416 e. The Hall–Kier alpha value is -1.60. The Morgan fingerprint density at radius 1 is 1.29 bits per heavy atom. The fourth-order valence-electron chi connectivity index (χ4n) is 1.73. The first-order valence-corrected chi connectivity index (χ1v) is 9.83. The van der Waals surface area contributed by atoms with E-state index in [-0.39, 0.29) is 16.4 Å². The molecule has 21 heavy (non-hydrogen) atoms. The van der Waals surface area contributed by atoms with Crippen LogP contribution in [-0.4, -0.2) is 19.8 Å². The normalized spacial score (nSPS) is 12.4. The molecule has 1 aromatic rings. The fourth-order valence-corrected chi connectivity index (χ4v) is 2.78. The lowest BCUT2D eigenvalue weighted by Gasteiger charge is -2.36. The second-order valence-corrected chi connectivity index (χ2v) is 11.5. The van der Waals surface area contributed by atoms with Crippen LogP contribution < -0.4 is 11.5 Å². The maximum Gasteiger partial charge on any atom is 0.274 e. The Kier molecular flexibility index (Phi) is 5.01. The minimum Gasteiger partial charge on any atom is -0.416 e. The molecule has 1 rings (SSSR count). The third-order valence-electron chi connectivity index (χ3n) is 4.18. The number of nitrogens with zero attached hydrogens (tertiary/aromatic N) is 1. The maximum absolute atomic E-state index is 11.1. The van der Waals surface area contributed by atoms with Gasteiger partial charge in [-0.2, -0.15) is 0 Å². The Balaban J connectivity index is 2.90. The van der Waals surface area contributed by atoms with Crippen LogP contribution in [0.4, 0.5) is 17.1 Å². The lowest BCUT2D eigenvalue weighted by molar-refractivity contribution is -0.385. The van der Waals surface area contributed by atoms with Crippen LogP contribution in [0.3, 0.4) is 0 Å². The van der Waals surface area contributed by atoms with Crippen molar-refractivity contribution in [2.75, 3.05) is 18.1 Å². The van der Waals surface area contributed by atoms with Gasteiger partial charge in [-0.05, 0) is 24.2 Å². The third-order valence-corrected chi connectivity index (χ3v) is 8.72. The van der Waals surface area contributed by atoms with Gasteiger partial charge in [0.15, 0.2) is 8.32 Å². The highest BCUT2D eigenvalue weighted by molar-refractivity contribution is 6.74. The van der Waals surface area contributed by atoms with Gasteiger partial charge in [-0.25, -0.2) is 0 Å². The summed E-state index contributed by atoms with van der Waals surface area (Å²) in [5, 5.41) is 11.2. The lowest BCUT2D eigenvalue weighted by atomic mass is 10.1. The van der Waals surface area contributed by atoms with E-state index in [9.17, 15) is 10.1 Å². The first kappa shape index (κ1) is 17.4. The number of hydrogen-bond acceptors (Lipinski definition) is 5. The zero-order valence-corrected chi connectivity index (χ0v) is 14.4. The van der Waals surface area contributed by atoms with E-state index in [1.54, 1.807) is 0 Å². The summed E-state index contributed by atoms with van der Waals surface area (Å²) in [6.45, 7) is 11.1. The lowest BCUT2D eigenvalue weighted by Crippen LogP contribution is -2.41. The Morgan fingerprint density at radius 2 is 1.86 bits per heavy atom. The molecular weight excluding hydrogens is 286 g/mol. The highest BCUT2D eigenvalue weighted by atomic mass is 28.4. The molecule has 0 amide bonds. The first-order chi connectivity index (χ1) is 9.47. The molecule has 7 heteroatoms. The summed E-state index contributed by atoms with van der Waals surface area (Å²) >= 11 is 0. The Morgan fingerprint density at radius 3 is 2.33 bits per heavy atom. The van der Waals surface area contributed by atoms with Crippen molar-refractivity contribution in [3.8, 4) is 0 Å². The van der Waals surface area contributed by atoms with E-state index in [4.69, 9.17) is 15.9 Å². The van der Waals surface area contributed by atoms with Crippen molar-refractivity contribution in [2.45, 2.75) is 45.3 Å². The minimum absolute atomic E-state index is 0.000492. The predicted octanol–water partition coefficient (Wildman–Crippen LogP) is 3.32. The number of rotatable bonds is 5. The van der Waals surface area contributed by atoms with Gasteiger partial charge < -0.3 is 15.9 Å². The van der Waals surface area contributed by atoms with Gasteiger partial charge in [0.1, 0.15) is 0 Å². The quantitative estimate of drug-likeness (QED) is 0.375. The fraction of sp³-hybridized carbons (Fsp3) is 0.571. The standard InChI is InChI=1S/C14H25N3O3Si/c1-14(2,3)21(4,5)20-9-8-10-12(17(18)19)7-6-11(15)13(10)16/h6-7H,8-9,15-16H2,1-5H3. The van der Waals surface area contributed by atoms with E-state index < -0.39 is 13.2 Å². The molecule has 0 aliphatic carbocycles. The molecule has 0 aromatic heterocycles. The SMILES string of the molecule is CC(C)(C)[Si](C)(C)OCCc1c([N+](=O)[O-])ccc(N)c1N. The molecule has 0 saturated heterocycles.